The van der Waals surface area contributed by atoms with Gasteiger partial charge in [0.1, 0.15) is 11.9 Å². The summed E-state index contributed by atoms with van der Waals surface area (Å²) in [7, 11) is 0. The molecule has 0 aliphatic rings. The minimum Gasteiger partial charge on any atom is -0.477 e. The molecule has 3 aromatic heterocycles. The first kappa shape index (κ1) is 10.3. The van der Waals surface area contributed by atoms with Crippen molar-refractivity contribution in [1.29, 1.82) is 0 Å². The van der Waals surface area contributed by atoms with Crippen LogP contribution in [0.4, 0.5) is 0 Å². The first-order valence-electron chi connectivity index (χ1n) is 5.09. The summed E-state index contributed by atoms with van der Waals surface area (Å²) in [6.45, 7) is 0. The number of fused-ring (bicyclic) bond motifs is 1. The minimum absolute atomic E-state index is 0.0734. The van der Waals surface area contributed by atoms with Crippen LogP contribution in [0.1, 0.15) is 10.4 Å². The molecule has 0 radical (unpaired) electrons. The van der Waals surface area contributed by atoms with Gasteiger partial charge in [-0.3, -0.25) is 0 Å². The summed E-state index contributed by atoms with van der Waals surface area (Å²) < 4.78 is 1.42. The van der Waals surface area contributed by atoms with E-state index in [2.05, 4.69) is 20.1 Å². The third-order valence-electron chi connectivity index (χ3n) is 2.46. The average Bonchev–Trinajstić information content (AvgIpc) is 2.82. The summed E-state index contributed by atoms with van der Waals surface area (Å²) in [5.41, 5.74) is 1.82. The fraction of sp³-hybridized carbons (Fsp3) is 0. The number of aromatic nitrogens is 5. The zero-order valence-electron chi connectivity index (χ0n) is 9.06. The fourth-order valence-electron chi connectivity index (χ4n) is 1.62. The van der Waals surface area contributed by atoms with Crippen molar-refractivity contribution in [1.82, 2.24) is 24.6 Å². The Kier molecular flexibility index (Phi) is 2.23. The van der Waals surface area contributed by atoms with Gasteiger partial charge in [0.05, 0.1) is 11.9 Å². The normalized spacial score (nSPS) is 10.7. The molecule has 0 saturated carbocycles. The Labute approximate surface area is 101 Å². The molecule has 88 valence electrons. The van der Waals surface area contributed by atoms with Crippen LogP contribution in [0.5, 0.6) is 0 Å². The Bertz CT molecular complexity index is 723. The Morgan fingerprint density at radius 1 is 1.28 bits per heavy atom. The highest BCUT2D eigenvalue weighted by Crippen LogP contribution is 2.16. The molecular formula is C11H7N5O2. The van der Waals surface area contributed by atoms with Crippen LogP contribution in [-0.2, 0) is 0 Å². The summed E-state index contributed by atoms with van der Waals surface area (Å²) in [6, 6.07) is 1.74. The molecule has 7 nitrogen and oxygen atoms in total. The van der Waals surface area contributed by atoms with Gasteiger partial charge in [-0.15, -0.1) is 0 Å². The summed E-state index contributed by atoms with van der Waals surface area (Å²) in [5.74, 6) is -1.05. The van der Waals surface area contributed by atoms with Gasteiger partial charge in [-0.2, -0.15) is 5.10 Å². The monoisotopic (exact) mass is 241 g/mol. The molecule has 0 fully saturated rings. The van der Waals surface area contributed by atoms with Crippen molar-refractivity contribution in [3.05, 3.63) is 42.7 Å². The van der Waals surface area contributed by atoms with Crippen molar-refractivity contribution in [3.63, 3.8) is 0 Å². The molecule has 0 bridgehead atoms. The number of hydrogen-bond acceptors (Lipinski definition) is 5. The second-order valence-electron chi connectivity index (χ2n) is 3.57. The van der Waals surface area contributed by atoms with Crippen molar-refractivity contribution >= 4 is 11.6 Å². The van der Waals surface area contributed by atoms with Gasteiger partial charge in [0.25, 0.3) is 0 Å². The number of rotatable bonds is 2. The lowest BCUT2D eigenvalue weighted by Gasteiger charge is -2.00. The number of carbonyl (C=O) groups is 1. The molecule has 1 N–H and O–H groups in total. The molecule has 7 heteroatoms. The number of carboxylic acids is 1. The third kappa shape index (κ3) is 1.58. The molecule has 0 aromatic carbocycles. The van der Waals surface area contributed by atoms with E-state index in [4.69, 9.17) is 5.11 Å². The van der Waals surface area contributed by atoms with Gasteiger partial charge < -0.3 is 5.11 Å². The number of hydrogen-bond donors (Lipinski definition) is 1. The molecule has 0 saturated heterocycles. The van der Waals surface area contributed by atoms with Crippen LogP contribution in [0.3, 0.4) is 0 Å². The van der Waals surface area contributed by atoms with E-state index in [1.54, 1.807) is 24.7 Å². The molecule has 0 spiro atoms. The van der Waals surface area contributed by atoms with Crippen molar-refractivity contribution < 1.29 is 9.90 Å². The molecular weight excluding hydrogens is 234 g/mol. The molecule has 18 heavy (non-hydrogen) atoms. The van der Waals surface area contributed by atoms with Crippen molar-refractivity contribution in [2.24, 2.45) is 0 Å². The molecule has 3 aromatic rings. The van der Waals surface area contributed by atoms with Crippen LogP contribution in [0.2, 0.25) is 0 Å². The lowest BCUT2D eigenvalue weighted by atomic mass is 10.2. The van der Waals surface area contributed by atoms with Crippen LogP contribution in [0.25, 0.3) is 16.9 Å². The zero-order chi connectivity index (χ0) is 12.5. The van der Waals surface area contributed by atoms with Gasteiger partial charge in [-0.1, -0.05) is 0 Å². The predicted octanol–water partition coefficient (Wildman–Crippen LogP) is 0.884. The summed E-state index contributed by atoms with van der Waals surface area (Å²) in [5, 5.41) is 12.9. The Morgan fingerprint density at radius 3 is 2.89 bits per heavy atom. The fourth-order valence-corrected chi connectivity index (χ4v) is 1.62. The molecule has 0 atom stereocenters. The molecule has 0 unspecified atom stereocenters. The second kappa shape index (κ2) is 3.88. The van der Waals surface area contributed by atoms with Crippen molar-refractivity contribution in [2.75, 3.05) is 0 Å². The van der Waals surface area contributed by atoms with Crippen LogP contribution < -0.4 is 0 Å². The van der Waals surface area contributed by atoms with E-state index in [1.165, 1.54) is 17.0 Å². The molecule has 3 heterocycles. The maximum absolute atomic E-state index is 10.9. The van der Waals surface area contributed by atoms with Crippen molar-refractivity contribution in [2.45, 2.75) is 0 Å². The highest BCUT2D eigenvalue weighted by molar-refractivity contribution is 5.94. The molecule has 0 aliphatic heterocycles. The zero-order valence-corrected chi connectivity index (χ0v) is 9.06. The summed E-state index contributed by atoms with van der Waals surface area (Å²) in [4.78, 5) is 22.9. The quantitative estimate of drug-likeness (QED) is 0.716. The largest absolute Gasteiger partial charge is 0.477 e. The average molecular weight is 241 g/mol. The van der Waals surface area contributed by atoms with Gasteiger partial charge in [0.15, 0.2) is 5.65 Å². The summed E-state index contributed by atoms with van der Waals surface area (Å²) in [6.07, 6.45) is 7.57. The third-order valence-corrected chi connectivity index (χ3v) is 2.46. The lowest BCUT2D eigenvalue weighted by molar-refractivity contribution is 0.0699. The number of nitrogens with zero attached hydrogens (tertiary/aromatic N) is 5. The van der Waals surface area contributed by atoms with Gasteiger partial charge in [0.2, 0.25) is 0 Å². The molecule has 0 amide bonds. The Balaban J connectivity index is 2.16. The van der Waals surface area contributed by atoms with Gasteiger partial charge in [-0.05, 0) is 6.07 Å². The predicted molar refractivity (Wildman–Crippen MR) is 61.0 cm³/mol. The van der Waals surface area contributed by atoms with Gasteiger partial charge >= 0.3 is 5.97 Å². The van der Waals surface area contributed by atoms with E-state index >= 15 is 0 Å². The number of aromatic carboxylic acids is 1. The van der Waals surface area contributed by atoms with Gasteiger partial charge in [-0.25, -0.2) is 24.3 Å². The van der Waals surface area contributed by atoms with E-state index in [1.807, 2.05) is 0 Å². The van der Waals surface area contributed by atoms with E-state index in [-0.39, 0.29) is 5.56 Å². The smallest absolute Gasteiger partial charge is 0.341 e. The van der Waals surface area contributed by atoms with E-state index < -0.39 is 5.97 Å². The minimum atomic E-state index is -1.05. The van der Waals surface area contributed by atoms with E-state index in [0.717, 1.165) is 5.56 Å². The maximum atomic E-state index is 10.9. The van der Waals surface area contributed by atoms with Crippen LogP contribution in [-0.4, -0.2) is 35.6 Å². The topological polar surface area (TPSA) is 93.3 Å². The lowest BCUT2D eigenvalue weighted by Crippen LogP contribution is -1.98. The first-order chi connectivity index (χ1) is 8.75. The van der Waals surface area contributed by atoms with E-state index in [0.29, 0.717) is 11.3 Å². The van der Waals surface area contributed by atoms with Gasteiger partial charge in [0, 0.05) is 24.2 Å². The van der Waals surface area contributed by atoms with Crippen molar-refractivity contribution in [3.8, 4) is 11.3 Å². The highest BCUT2D eigenvalue weighted by Gasteiger charge is 2.12. The SMILES string of the molecule is O=C(O)c1cnn2cc(-c3ccncn3)cnc12. The van der Waals surface area contributed by atoms with E-state index in [9.17, 15) is 4.79 Å². The second-order valence-corrected chi connectivity index (χ2v) is 3.57. The molecule has 0 aliphatic carbocycles. The van der Waals surface area contributed by atoms with Crippen LogP contribution >= 0.6 is 0 Å². The van der Waals surface area contributed by atoms with Crippen LogP contribution in [0, 0.1) is 0 Å². The Hall–Kier alpha value is -2.83. The Morgan fingerprint density at radius 2 is 2.17 bits per heavy atom. The maximum Gasteiger partial charge on any atom is 0.341 e. The molecule has 3 rings (SSSR count). The number of carboxylic acid groups (broad SMARTS) is 1. The summed E-state index contributed by atoms with van der Waals surface area (Å²) >= 11 is 0. The highest BCUT2D eigenvalue weighted by atomic mass is 16.4. The first-order valence-corrected chi connectivity index (χ1v) is 5.09. The van der Waals surface area contributed by atoms with Crippen LogP contribution in [0.15, 0.2) is 37.2 Å². The standard InChI is InChI=1S/C11H7N5O2/c17-11(18)8-4-15-16-5-7(3-13-10(8)16)9-1-2-12-6-14-9/h1-6H,(H,17,18).